The first-order chi connectivity index (χ1) is 8.08. The van der Waals surface area contributed by atoms with Crippen LogP contribution < -0.4 is 11.1 Å². The van der Waals surface area contributed by atoms with Gasteiger partial charge in [-0.15, -0.1) is 0 Å². The van der Waals surface area contributed by atoms with E-state index >= 15 is 0 Å². The van der Waals surface area contributed by atoms with Crippen LogP contribution in [-0.4, -0.2) is 56.9 Å². The van der Waals surface area contributed by atoms with Crippen LogP contribution in [0.2, 0.25) is 0 Å². The van der Waals surface area contributed by atoms with Crippen LogP contribution in [0.25, 0.3) is 0 Å². The number of hydrogen-bond donors (Lipinski definition) is 2. The highest BCUT2D eigenvalue weighted by Gasteiger charge is 2.32. The second-order valence-corrected chi connectivity index (χ2v) is 5.26. The molecule has 0 radical (unpaired) electrons. The molecule has 0 aromatic heterocycles. The largest absolute Gasteiger partial charge is 0.376 e. The maximum absolute atomic E-state index is 5.92. The number of likely N-dealkylation sites (tertiary alicyclic amines) is 1. The second kappa shape index (κ2) is 7.11. The Hall–Kier alpha value is -0.420. The first-order valence-electron chi connectivity index (χ1n) is 6.44. The Morgan fingerprint density at radius 3 is 2.94 bits per heavy atom. The van der Waals surface area contributed by atoms with Gasteiger partial charge in [0, 0.05) is 25.2 Å². The van der Waals surface area contributed by atoms with Crippen LogP contribution in [0.4, 0.5) is 0 Å². The van der Waals surface area contributed by atoms with Crippen molar-refractivity contribution in [3.8, 4) is 0 Å². The number of nitrogens with one attached hydrogen (secondary N) is 1. The summed E-state index contributed by atoms with van der Waals surface area (Å²) in [6.45, 7) is 10.9. The summed E-state index contributed by atoms with van der Waals surface area (Å²) in [4.78, 5) is 2.35. The number of hydrogen-bond acceptors (Lipinski definition) is 4. The standard InChI is InChI=1S/C13H27N3O/c1-12(2)9-17-8-6-15-13(10-14)5-4-7-16(3)11-13/h15H,1,4-11,14H2,2-3H3. The summed E-state index contributed by atoms with van der Waals surface area (Å²) >= 11 is 0. The third kappa shape index (κ3) is 5.17. The number of nitrogens with zero attached hydrogens (tertiary/aromatic N) is 1. The molecular weight excluding hydrogens is 214 g/mol. The van der Waals surface area contributed by atoms with Crippen LogP contribution in [0.1, 0.15) is 19.8 Å². The van der Waals surface area contributed by atoms with Gasteiger partial charge < -0.3 is 20.7 Å². The molecule has 1 aliphatic heterocycles. The number of ether oxygens (including phenoxy) is 1. The average molecular weight is 241 g/mol. The first kappa shape index (κ1) is 14.6. The Balaban J connectivity index is 2.24. The average Bonchev–Trinajstić information content (AvgIpc) is 2.28. The highest BCUT2D eigenvalue weighted by atomic mass is 16.5. The van der Waals surface area contributed by atoms with Gasteiger partial charge in [-0.05, 0) is 33.4 Å². The van der Waals surface area contributed by atoms with Crippen molar-refractivity contribution in [1.82, 2.24) is 10.2 Å². The van der Waals surface area contributed by atoms with Crippen molar-refractivity contribution < 1.29 is 4.74 Å². The van der Waals surface area contributed by atoms with E-state index in [1.807, 2.05) is 6.92 Å². The lowest BCUT2D eigenvalue weighted by Gasteiger charge is -2.41. The van der Waals surface area contributed by atoms with Crippen LogP contribution >= 0.6 is 0 Å². The molecule has 1 heterocycles. The fourth-order valence-corrected chi connectivity index (χ4v) is 2.38. The lowest BCUT2D eigenvalue weighted by Crippen LogP contribution is -2.60. The van der Waals surface area contributed by atoms with Gasteiger partial charge in [0.15, 0.2) is 0 Å². The van der Waals surface area contributed by atoms with E-state index in [2.05, 4.69) is 23.8 Å². The summed E-state index contributed by atoms with van der Waals surface area (Å²) in [6, 6.07) is 0. The molecule has 0 saturated carbocycles. The van der Waals surface area contributed by atoms with Gasteiger partial charge in [-0.2, -0.15) is 0 Å². The molecule has 17 heavy (non-hydrogen) atoms. The van der Waals surface area contributed by atoms with Crippen LogP contribution in [0.5, 0.6) is 0 Å². The normalized spacial score (nSPS) is 26.1. The van der Waals surface area contributed by atoms with Crippen LogP contribution in [0.15, 0.2) is 12.2 Å². The summed E-state index contributed by atoms with van der Waals surface area (Å²) in [5.74, 6) is 0. The highest BCUT2D eigenvalue weighted by molar-refractivity contribution is 4.94. The minimum absolute atomic E-state index is 0.0829. The SMILES string of the molecule is C=C(C)COCCNC1(CN)CCCN(C)C1. The zero-order chi connectivity index (χ0) is 12.7. The smallest absolute Gasteiger partial charge is 0.0672 e. The monoisotopic (exact) mass is 241 g/mol. The summed E-state index contributed by atoms with van der Waals surface area (Å²) in [6.07, 6.45) is 2.38. The molecule has 0 spiro atoms. The Labute approximate surface area is 105 Å². The quantitative estimate of drug-likeness (QED) is 0.506. The fraction of sp³-hybridized carbons (Fsp3) is 0.846. The molecule has 1 aliphatic rings. The van der Waals surface area contributed by atoms with E-state index in [-0.39, 0.29) is 5.54 Å². The molecular formula is C13H27N3O. The van der Waals surface area contributed by atoms with E-state index in [9.17, 15) is 0 Å². The molecule has 1 saturated heterocycles. The van der Waals surface area contributed by atoms with E-state index < -0.39 is 0 Å². The molecule has 1 fully saturated rings. The van der Waals surface area contributed by atoms with Gasteiger partial charge in [-0.25, -0.2) is 0 Å². The second-order valence-electron chi connectivity index (χ2n) is 5.26. The minimum atomic E-state index is 0.0829. The van der Waals surface area contributed by atoms with Gasteiger partial charge in [0.1, 0.15) is 0 Å². The van der Waals surface area contributed by atoms with Crippen LogP contribution in [0.3, 0.4) is 0 Å². The van der Waals surface area contributed by atoms with Gasteiger partial charge in [0.25, 0.3) is 0 Å². The van der Waals surface area contributed by atoms with Crippen molar-refractivity contribution in [2.75, 3.05) is 46.4 Å². The molecule has 1 atom stereocenters. The van der Waals surface area contributed by atoms with Crippen molar-refractivity contribution in [2.24, 2.45) is 5.73 Å². The highest BCUT2D eigenvalue weighted by Crippen LogP contribution is 2.18. The summed E-state index contributed by atoms with van der Waals surface area (Å²) in [7, 11) is 2.16. The molecule has 0 aromatic rings. The third-order valence-corrected chi connectivity index (χ3v) is 3.25. The summed E-state index contributed by atoms with van der Waals surface area (Å²) in [5, 5.41) is 3.57. The molecule has 0 aliphatic carbocycles. The van der Waals surface area contributed by atoms with Crippen LogP contribution in [0, 0.1) is 0 Å². The van der Waals surface area contributed by atoms with E-state index in [1.54, 1.807) is 0 Å². The van der Waals surface area contributed by atoms with Gasteiger partial charge in [0.2, 0.25) is 0 Å². The molecule has 4 heteroatoms. The van der Waals surface area contributed by atoms with Gasteiger partial charge >= 0.3 is 0 Å². The molecule has 100 valence electrons. The van der Waals surface area contributed by atoms with Crippen molar-refractivity contribution in [3.05, 3.63) is 12.2 Å². The zero-order valence-electron chi connectivity index (χ0n) is 11.3. The number of nitrogens with two attached hydrogens (primary N) is 1. The van der Waals surface area contributed by atoms with Gasteiger partial charge in [-0.3, -0.25) is 0 Å². The minimum Gasteiger partial charge on any atom is -0.376 e. The Bertz CT molecular complexity index is 245. The lowest BCUT2D eigenvalue weighted by molar-refractivity contribution is 0.118. The van der Waals surface area contributed by atoms with Gasteiger partial charge in [0.05, 0.1) is 13.2 Å². The van der Waals surface area contributed by atoms with Crippen LogP contribution in [-0.2, 0) is 4.74 Å². The molecule has 1 rings (SSSR count). The number of piperidine rings is 1. The Morgan fingerprint density at radius 1 is 1.59 bits per heavy atom. The predicted molar refractivity (Wildman–Crippen MR) is 72.2 cm³/mol. The Kier molecular flexibility index (Phi) is 6.12. The van der Waals surface area contributed by atoms with E-state index in [1.165, 1.54) is 13.0 Å². The molecule has 0 amide bonds. The van der Waals surface area contributed by atoms with Crippen molar-refractivity contribution >= 4 is 0 Å². The molecule has 3 N–H and O–H groups in total. The van der Waals surface area contributed by atoms with Gasteiger partial charge in [-0.1, -0.05) is 12.2 Å². The number of rotatable bonds is 7. The zero-order valence-corrected chi connectivity index (χ0v) is 11.3. The van der Waals surface area contributed by atoms with E-state index in [0.29, 0.717) is 13.2 Å². The maximum atomic E-state index is 5.92. The molecule has 0 bridgehead atoms. The van der Waals surface area contributed by atoms with Crippen molar-refractivity contribution in [1.29, 1.82) is 0 Å². The lowest BCUT2D eigenvalue weighted by atomic mass is 9.89. The topological polar surface area (TPSA) is 50.5 Å². The number of likely N-dealkylation sites (N-methyl/N-ethyl adjacent to an activating group) is 1. The Morgan fingerprint density at radius 2 is 2.35 bits per heavy atom. The summed E-state index contributed by atoms with van der Waals surface area (Å²) < 4.78 is 5.49. The first-order valence-corrected chi connectivity index (χ1v) is 6.44. The maximum Gasteiger partial charge on any atom is 0.0672 e. The van der Waals surface area contributed by atoms with E-state index in [0.717, 1.165) is 31.7 Å². The predicted octanol–water partition coefficient (Wildman–Crippen LogP) is 0.592. The molecule has 4 nitrogen and oxygen atoms in total. The summed E-state index contributed by atoms with van der Waals surface area (Å²) in [5.41, 5.74) is 7.07. The molecule has 1 unspecified atom stereocenters. The van der Waals surface area contributed by atoms with Crippen molar-refractivity contribution in [3.63, 3.8) is 0 Å². The molecule has 0 aromatic carbocycles. The third-order valence-electron chi connectivity index (χ3n) is 3.25. The van der Waals surface area contributed by atoms with Crippen molar-refractivity contribution in [2.45, 2.75) is 25.3 Å². The van der Waals surface area contributed by atoms with E-state index in [4.69, 9.17) is 10.5 Å². The fourth-order valence-electron chi connectivity index (χ4n) is 2.38.